The smallest absolute Gasteiger partial charge is 0.313 e. The third-order valence-electron chi connectivity index (χ3n) is 2.94. The van der Waals surface area contributed by atoms with Crippen LogP contribution in [0.2, 0.25) is 0 Å². The molecule has 0 aliphatic carbocycles. The maximum atomic E-state index is 13.0. The first kappa shape index (κ1) is 14.3. The number of nitrogens with zero attached hydrogens (tertiary/aromatic N) is 1. The average molecular weight is 282 g/mol. The topological polar surface area (TPSA) is 45.8 Å². The highest BCUT2D eigenvalue weighted by Gasteiger charge is 2.34. The molecule has 0 spiro atoms. The largest absolute Gasteiger partial charge is 0.417 e. The second-order valence-corrected chi connectivity index (χ2v) is 4.35. The fourth-order valence-corrected chi connectivity index (χ4v) is 2.08. The summed E-state index contributed by atoms with van der Waals surface area (Å²) < 4.78 is 39.1. The van der Waals surface area contributed by atoms with Crippen molar-refractivity contribution in [3.05, 3.63) is 52.1 Å². The second-order valence-electron chi connectivity index (χ2n) is 4.35. The molecule has 0 saturated carbocycles. The Kier molecular flexibility index (Phi) is 3.92. The van der Waals surface area contributed by atoms with Gasteiger partial charge in [0.15, 0.2) is 0 Å². The molecule has 0 saturated heterocycles. The van der Waals surface area contributed by atoms with Crippen LogP contribution in [0.5, 0.6) is 0 Å². The summed E-state index contributed by atoms with van der Waals surface area (Å²) in [5, 5.41) is 0. The van der Waals surface area contributed by atoms with Gasteiger partial charge in [-0.05, 0) is 12.5 Å². The summed E-state index contributed by atoms with van der Waals surface area (Å²) in [4.78, 5) is 18.1. The van der Waals surface area contributed by atoms with E-state index in [1.54, 1.807) is 0 Å². The van der Waals surface area contributed by atoms with E-state index in [1.807, 2.05) is 6.92 Å². The molecule has 0 radical (unpaired) electrons. The predicted octanol–water partition coefficient (Wildman–Crippen LogP) is 3.41. The molecule has 0 aliphatic rings. The molecular weight excluding hydrogens is 269 g/mol. The van der Waals surface area contributed by atoms with Crippen molar-refractivity contribution in [3.8, 4) is 11.3 Å². The Morgan fingerprint density at radius 3 is 2.60 bits per heavy atom. The van der Waals surface area contributed by atoms with Crippen molar-refractivity contribution >= 4 is 0 Å². The maximum absolute atomic E-state index is 13.0. The summed E-state index contributed by atoms with van der Waals surface area (Å²) in [6.45, 7) is 1.85. The monoisotopic (exact) mass is 282 g/mol. The number of halogens is 3. The lowest BCUT2D eigenvalue weighted by Gasteiger charge is -2.14. The highest BCUT2D eigenvalue weighted by Crippen LogP contribution is 2.36. The molecule has 0 bridgehead atoms. The molecule has 3 nitrogen and oxygen atoms in total. The third-order valence-corrected chi connectivity index (χ3v) is 2.94. The van der Waals surface area contributed by atoms with E-state index < -0.39 is 17.3 Å². The molecule has 1 N–H and O–H groups in total. The van der Waals surface area contributed by atoms with E-state index >= 15 is 0 Å². The van der Waals surface area contributed by atoms with Crippen LogP contribution in [0.3, 0.4) is 0 Å². The van der Waals surface area contributed by atoms with Crippen LogP contribution in [0.25, 0.3) is 11.3 Å². The van der Waals surface area contributed by atoms with E-state index in [0.717, 1.165) is 12.4 Å². The lowest BCUT2D eigenvalue weighted by Crippen LogP contribution is -2.16. The van der Waals surface area contributed by atoms with Crippen LogP contribution >= 0.6 is 0 Å². The van der Waals surface area contributed by atoms with Crippen LogP contribution in [0, 0.1) is 0 Å². The number of H-pyrrole nitrogens is 1. The minimum Gasteiger partial charge on any atom is -0.313 e. The zero-order chi connectivity index (χ0) is 14.8. The summed E-state index contributed by atoms with van der Waals surface area (Å²) in [6.07, 6.45) is -2.32. The molecule has 6 heteroatoms. The third kappa shape index (κ3) is 2.74. The molecule has 0 unspecified atom stereocenters. The summed E-state index contributed by atoms with van der Waals surface area (Å²) in [6, 6.07) is 5.15. The SMILES string of the molecule is CCCc1c(-c2ccccc2C(F)(F)F)nc[nH]c1=O. The van der Waals surface area contributed by atoms with Crippen LogP contribution < -0.4 is 5.56 Å². The lowest BCUT2D eigenvalue weighted by molar-refractivity contribution is -0.137. The van der Waals surface area contributed by atoms with Crippen molar-refractivity contribution in [1.82, 2.24) is 9.97 Å². The van der Waals surface area contributed by atoms with Crippen LogP contribution in [0.4, 0.5) is 13.2 Å². The first-order chi connectivity index (χ1) is 9.45. The van der Waals surface area contributed by atoms with Gasteiger partial charge in [-0.2, -0.15) is 13.2 Å². The Morgan fingerprint density at radius 2 is 1.95 bits per heavy atom. The van der Waals surface area contributed by atoms with Gasteiger partial charge in [0.05, 0.1) is 17.6 Å². The molecule has 2 aromatic rings. The quantitative estimate of drug-likeness (QED) is 0.937. The summed E-state index contributed by atoms with van der Waals surface area (Å²) >= 11 is 0. The minimum absolute atomic E-state index is 0.0606. The number of benzene rings is 1. The number of aromatic nitrogens is 2. The molecule has 2 rings (SSSR count). The minimum atomic E-state index is -4.48. The van der Waals surface area contributed by atoms with Gasteiger partial charge in [0.1, 0.15) is 0 Å². The molecule has 20 heavy (non-hydrogen) atoms. The van der Waals surface area contributed by atoms with Gasteiger partial charge in [-0.1, -0.05) is 31.5 Å². The van der Waals surface area contributed by atoms with Crippen molar-refractivity contribution in [2.24, 2.45) is 0 Å². The number of aromatic amines is 1. The van der Waals surface area contributed by atoms with E-state index in [-0.39, 0.29) is 16.8 Å². The van der Waals surface area contributed by atoms with Crippen molar-refractivity contribution in [2.45, 2.75) is 25.9 Å². The lowest BCUT2D eigenvalue weighted by atomic mass is 9.98. The maximum Gasteiger partial charge on any atom is 0.417 e. The first-order valence-corrected chi connectivity index (χ1v) is 6.18. The van der Waals surface area contributed by atoms with Crippen molar-refractivity contribution < 1.29 is 13.2 Å². The molecule has 0 atom stereocenters. The van der Waals surface area contributed by atoms with Gasteiger partial charge in [0.2, 0.25) is 0 Å². The van der Waals surface area contributed by atoms with Gasteiger partial charge in [-0.15, -0.1) is 0 Å². The summed E-state index contributed by atoms with van der Waals surface area (Å²) in [7, 11) is 0. The zero-order valence-electron chi connectivity index (χ0n) is 10.8. The molecule has 0 aliphatic heterocycles. The molecule has 1 aromatic carbocycles. The summed E-state index contributed by atoms with van der Waals surface area (Å²) in [5.41, 5.74) is -0.853. The van der Waals surface area contributed by atoms with E-state index in [4.69, 9.17) is 0 Å². The van der Waals surface area contributed by atoms with Crippen LogP contribution in [0.1, 0.15) is 24.5 Å². The fraction of sp³-hybridized carbons (Fsp3) is 0.286. The predicted molar refractivity (Wildman–Crippen MR) is 69.3 cm³/mol. The van der Waals surface area contributed by atoms with Gasteiger partial charge < -0.3 is 4.98 Å². The molecule has 0 fully saturated rings. The van der Waals surface area contributed by atoms with Gasteiger partial charge in [0.25, 0.3) is 5.56 Å². The van der Waals surface area contributed by atoms with E-state index in [1.165, 1.54) is 18.2 Å². The van der Waals surface area contributed by atoms with Gasteiger partial charge in [-0.3, -0.25) is 4.79 Å². The number of hydrogen-bond donors (Lipinski definition) is 1. The van der Waals surface area contributed by atoms with E-state index in [9.17, 15) is 18.0 Å². The standard InChI is InChI=1S/C14H13F3N2O/c1-2-5-10-12(18-8-19-13(10)20)9-6-3-4-7-11(9)14(15,16)17/h3-4,6-8H,2,5H2,1H3,(H,18,19,20). The van der Waals surface area contributed by atoms with Gasteiger partial charge >= 0.3 is 6.18 Å². The number of rotatable bonds is 3. The highest BCUT2D eigenvalue weighted by molar-refractivity contribution is 5.67. The fourth-order valence-electron chi connectivity index (χ4n) is 2.08. The van der Waals surface area contributed by atoms with Crippen molar-refractivity contribution in [1.29, 1.82) is 0 Å². The molecular formula is C14H13F3N2O. The van der Waals surface area contributed by atoms with Crippen LogP contribution in [0.15, 0.2) is 35.4 Å². The Bertz CT molecular complexity index is 662. The van der Waals surface area contributed by atoms with Gasteiger partial charge in [-0.25, -0.2) is 4.98 Å². The van der Waals surface area contributed by atoms with Crippen molar-refractivity contribution in [3.63, 3.8) is 0 Å². The van der Waals surface area contributed by atoms with E-state index in [2.05, 4.69) is 9.97 Å². The van der Waals surface area contributed by atoms with E-state index in [0.29, 0.717) is 12.8 Å². The zero-order valence-corrected chi connectivity index (χ0v) is 10.8. The highest BCUT2D eigenvalue weighted by atomic mass is 19.4. The first-order valence-electron chi connectivity index (χ1n) is 6.18. The van der Waals surface area contributed by atoms with Crippen LogP contribution in [-0.2, 0) is 12.6 Å². The molecule has 1 aromatic heterocycles. The number of alkyl halides is 3. The Labute approximate surface area is 113 Å². The second kappa shape index (κ2) is 5.48. The average Bonchev–Trinajstić information content (AvgIpc) is 2.40. The number of nitrogens with one attached hydrogen (secondary N) is 1. The molecule has 0 amide bonds. The van der Waals surface area contributed by atoms with Gasteiger partial charge in [0, 0.05) is 11.1 Å². The molecule has 106 valence electrons. The van der Waals surface area contributed by atoms with Crippen molar-refractivity contribution in [2.75, 3.05) is 0 Å². The number of hydrogen-bond acceptors (Lipinski definition) is 2. The normalized spacial score (nSPS) is 11.6. The Balaban J connectivity index is 2.70. The van der Waals surface area contributed by atoms with Crippen LogP contribution in [-0.4, -0.2) is 9.97 Å². The molecule has 1 heterocycles. The Hall–Kier alpha value is -2.11. The summed E-state index contributed by atoms with van der Waals surface area (Å²) in [5.74, 6) is 0. The Morgan fingerprint density at radius 1 is 1.25 bits per heavy atom.